The van der Waals surface area contributed by atoms with Crippen molar-refractivity contribution >= 4 is 92.1 Å². The number of benzene rings is 9. The molecule has 0 saturated heterocycles. The fourth-order valence-corrected chi connectivity index (χ4v) is 15.0. The third-order valence-corrected chi connectivity index (χ3v) is 19.7. The van der Waals surface area contributed by atoms with E-state index in [9.17, 15) is 0 Å². The summed E-state index contributed by atoms with van der Waals surface area (Å²) in [5, 5.41) is 17.2. The van der Waals surface area contributed by atoms with E-state index in [2.05, 4.69) is 250 Å². The van der Waals surface area contributed by atoms with Gasteiger partial charge < -0.3 is 8.97 Å². The number of hydrogen-bond donors (Lipinski definition) is 0. The van der Waals surface area contributed by atoms with E-state index in [1.807, 2.05) is 98.0 Å². The second-order valence-electron chi connectivity index (χ2n) is 25.0. The van der Waals surface area contributed by atoms with Gasteiger partial charge in [0.1, 0.15) is 11.5 Å². The highest BCUT2D eigenvalue weighted by Gasteiger charge is 2.26. The smallest absolute Gasteiger partial charge is 0.138 e. The maximum absolute atomic E-state index is 5.20. The van der Waals surface area contributed by atoms with Gasteiger partial charge in [-0.15, -0.1) is 0 Å². The highest BCUT2D eigenvalue weighted by atomic mass is 15.1. The first-order chi connectivity index (χ1) is 47.8. The Morgan fingerprint density at radius 2 is 0.680 bits per heavy atom. The van der Waals surface area contributed by atoms with Gasteiger partial charge >= 0.3 is 0 Å². The Morgan fingerprint density at radius 1 is 0.278 bits per heavy atom. The highest BCUT2D eigenvalue weighted by molar-refractivity contribution is 6.35. The predicted molar refractivity (Wildman–Crippen MR) is 399 cm³/mol. The fraction of sp³-hybridized carbons (Fsp3) is 0.0460. The van der Waals surface area contributed by atoms with E-state index >= 15 is 0 Å². The lowest BCUT2D eigenvalue weighted by Gasteiger charge is -2.16. The molecule has 9 aromatic carbocycles. The van der Waals surface area contributed by atoms with Crippen LogP contribution in [0.15, 0.2) is 292 Å². The van der Waals surface area contributed by atoms with Gasteiger partial charge in [0.25, 0.3) is 0 Å². The molecule has 10 nitrogen and oxygen atoms in total. The van der Waals surface area contributed by atoms with Crippen molar-refractivity contribution in [2.75, 3.05) is 0 Å². The van der Waals surface area contributed by atoms with Gasteiger partial charge in [0.2, 0.25) is 0 Å². The average molecular weight is 1250 g/mol. The molecule has 19 aromatic rings. The quantitative estimate of drug-likeness (QED) is 0.140. The molecule has 0 atom stereocenters. The number of hydrogen-bond acceptors (Lipinski definition) is 7. The highest BCUT2D eigenvalue weighted by Crippen LogP contribution is 2.48. The topological polar surface area (TPSA) is 105 Å². The number of rotatable bonds is 8. The van der Waals surface area contributed by atoms with Crippen molar-refractivity contribution in [2.24, 2.45) is 0 Å². The molecule has 19 rings (SSSR count). The molecule has 0 aliphatic heterocycles. The number of imidazole rings is 1. The molecule has 0 aliphatic rings. The second-order valence-corrected chi connectivity index (χ2v) is 25.0. The van der Waals surface area contributed by atoms with Crippen LogP contribution in [0.3, 0.4) is 0 Å². The van der Waals surface area contributed by atoms with Gasteiger partial charge in [0.05, 0.1) is 45.2 Å². The fourth-order valence-electron chi connectivity index (χ4n) is 15.0. The van der Waals surface area contributed by atoms with Crippen LogP contribution < -0.4 is 0 Å². The van der Waals surface area contributed by atoms with Crippen molar-refractivity contribution in [3.8, 4) is 79.0 Å². The van der Waals surface area contributed by atoms with E-state index < -0.39 is 0 Å². The third kappa shape index (κ3) is 9.35. The van der Waals surface area contributed by atoms with Crippen LogP contribution >= 0.6 is 0 Å². The molecule has 10 heterocycles. The van der Waals surface area contributed by atoms with E-state index in [0.29, 0.717) is 0 Å². The molecule has 0 fully saturated rings. The molecule has 0 N–H and O–H groups in total. The monoisotopic (exact) mass is 1240 g/mol. The number of aryl methyl sites for hydroxylation is 2. The Kier molecular flexibility index (Phi) is 13.5. The average Bonchev–Trinajstić information content (AvgIpc) is 1.64. The minimum atomic E-state index is 0.900. The van der Waals surface area contributed by atoms with Gasteiger partial charge in [0.15, 0.2) is 0 Å². The minimum Gasteiger partial charge on any atom is -0.313 e. The summed E-state index contributed by atoms with van der Waals surface area (Å²) in [4.78, 5) is 33.0. The lowest BCUT2D eigenvalue weighted by molar-refractivity contribution is 0.989. The SMILES string of the molecule is Cc1c(C)n(-c2ccc(-c3cn4ccccc4n3)cc2)c2c3ccccc3c3cc(-c4cccc(-c5ccncc5)n4)c4ccccc4c3c12.Cc1c(C)n(-c2cccc(-c3ccncc3)n2)c2c3ccccc3c3cc(-c4cccc(-c5ccncc5)n4)c4ccccc4c3c12. The second kappa shape index (κ2) is 23.0. The Morgan fingerprint density at radius 3 is 1.18 bits per heavy atom. The van der Waals surface area contributed by atoms with E-state index in [1.165, 1.54) is 109 Å². The van der Waals surface area contributed by atoms with Crippen LogP contribution in [0.5, 0.6) is 0 Å². The van der Waals surface area contributed by atoms with E-state index in [1.54, 1.807) is 0 Å². The van der Waals surface area contributed by atoms with Gasteiger partial charge in [-0.3, -0.25) is 19.5 Å². The van der Waals surface area contributed by atoms with Crippen LogP contribution in [0, 0.1) is 27.7 Å². The standard InChI is InChI=1S/C45H31N5.C42H29N5/c1-28-29(2)50(32-19-17-30(18-20-32)41-27-49-25-8-7-16-42(49)48-41)45-36-13-6-4-11-34(36)38-26-37(33-10-3-5-12-35(33)44(38)43(28)45)40-15-9-14-39(47-40)31-21-23-46-24-22-31;1-26-27(2)47(39-16-8-14-37(46-39)29-19-23-44-24-20-29)42-33-12-6-4-10-31(33)35-25-34(30-9-3-5-11-32(30)41(35)40(26)42)38-15-7-13-36(45-38)28-17-21-43-22-18-28/h3-27H,1-2H3;3-25H,1-2H3. The zero-order valence-electron chi connectivity index (χ0n) is 53.7. The maximum Gasteiger partial charge on any atom is 0.138 e. The number of aromatic nitrogens is 10. The normalized spacial score (nSPS) is 11.7. The predicted octanol–water partition coefficient (Wildman–Crippen LogP) is 21.4. The van der Waals surface area contributed by atoms with E-state index in [-0.39, 0.29) is 0 Å². The number of fused-ring (bicyclic) bond motifs is 17. The third-order valence-electron chi connectivity index (χ3n) is 19.7. The zero-order chi connectivity index (χ0) is 64.8. The molecule has 0 unspecified atom stereocenters. The number of nitrogens with zero attached hydrogens (tertiary/aromatic N) is 10. The molecule has 0 radical (unpaired) electrons. The van der Waals surface area contributed by atoms with Crippen molar-refractivity contribution in [1.82, 2.24) is 48.4 Å². The Labute approximate surface area is 558 Å². The summed E-state index contributed by atoms with van der Waals surface area (Å²) >= 11 is 0. The largest absolute Gasteiger partial charge is 0.313 e. The summed E-state index contributed by atoms with van der Waals surface area (Å²) in [6.07, 6.45) is 15.0. The van der Waals surface area contributed by atoms with Crippen molar-refractivity contribution < 1.29 is 0 Å². The Balaban J connectivity index is 0.000000141. The van der Waals surface area contributed by atoms with E-state index in [4.69, 9.17) is 19.9 Å². The molecular weight excluding hydrogens is 1190 g/mol. The Bertz CT molecular complexity index is 6320. The summed E-state index contributed by atoms with van der Waals surface area (Å²) in [5.41, 5.74) is 21.6. The molecule has 10 aromatic heterocycles. The molecule has 0 saturated carbocycles. The van der Waals surface area contributed by atoms with Gasteiger partial charge in [0, 0.05) is 122 Å². The van der Waals surface area contributed by atoms with Crippen LogP contribution in [-0.2, 0) is 0 Å². The first-order valence-corrected chi connectivity index (χ1v) is 32.7. The van der Waals surface area contributed by atoms with Gasteiger partial charge in [-0.1, -0.05) is 133 Å². The molecule has 0 bridgehead atoms. The van der Waals surface area contributed by atoms with Crippen molar-refractivity contribution in [3.05, 3.63) is 315 Å². The zero-order valence-corrected chi connectivity index (χ0v) is 53.7. The Hall–Kier alpha value is -12.8. The lowest BCUT2D eigenvalue weighted by Crippen LogP contribution is -2.01. The molecule has 458 valence electrons. The van der Waals surface area contributed by atoms with Gasteiger partial charge in [-0.05, 0) is 202 Å². The van der Waals surface area contributed by atoms with Crippen LogP contribution in [0.25, 0.3) is 171 Å². The van der Waals surface area contributed by atoms with Gasteiger partial charge in [-0.25, -0.2) is 19.9 Å². The molecular formula is C87H60N10. The summed E-state index contributed by atoms with van der Waals surface area (Å²) in [6.45, 7) is 8.98. The molecule has 0 aliphatic carbocycles. The summed E-state index contributed by atoms with van der Waals surface area (Å²) in [7, 11) is 0. The van der Waals surface area contributed by atoms with Crippen LogP contribution in [-0.4, -0.2) is 48.4 Å². The lowest BCUT2D eigenvalue weighted by atomic mass is 9.89. The first-order valence-electron chi connectivity index (χ1n) is 32.7. The van der Waals surface area contributed by atoms with Crippen molar-refractivity contribution in [1.29, 1.82) is 0 Å². The van der Waals surface area contributed by atoms with Crippen LogP contribution in [0.2, 0.25) is 0 Å². The minimum absolute atomic E-state index is 0.900. The van der Waals surface area contributed by atoms with Gasteiger partial charge in [-0.2, -0.15) is 0 Å². The molecule has 0 amide bonds. The van der Waals surface area contributed by atoms with E-state index in [0.717, 1.165) is 84.7 Å². The first kappa shape index (κ1) is 56.9. The maximum atomic E-state index is 5.20. The number of pyridine rings is 7. The summed E-state index contributed by atoms with van der Waals surface area (Å²) < 4.78 is 6.86. The summed E-state index contributed by atoms with van der Waals surface area (Å²) in [5.74, 6) is 0.900. The molecule has 10 heteroatoms. The van der Waals surface area contributed by atoms with Crippen LogP contribution in [0.4, 0.5) is 0 Å². The molecule has 0 spiro atoms. The summed E-state index contributed by atoms with van der Waals surface area (Å²) in [6, 6.07) is 85.7. The van der Waals surface area contributed by atoms with Crippen molar-refractivity contribution in [3.63, 3.8) is 0 Å². The molecule has 97 heavy (non-hydrogen) atoms. The van der Waals surface area contributed by atoms with Crippen LogP contribution in [0.1, 0.15) is 22.5 Å². The van der Waals surface area contributed by atoms with Crippen molar-refractivity contribution in [2.45, 2.75) is 27.7 Å².